The summed E-state index contributed by atoms with van der Waals surface area (Å²) < 4.78 is 1.58. The van der Waals surface area contributed by atoms with Gasteiger partial charge in [0.05, 0.1) is 5.52 Å². The number of pyridine rings is 2. The predicted octanol–water partition coefficient (Wildman–Crippen LogP) is 1.24. The molecule has 2 rings (SSSR count). The van der Waals surface area contributed by atoms with Crippen LogP contribution in [0.15, 0.2) is 29.3 Å². The first kappa shape index (κ1) is 7.98. The Balaban J connectivity index is 3.02. The molecular weight excluding hydrogens is 164 g/mol. The number of aromatic nitrogens is 2. The summed E-state index contributed by atoms with van der Waals surface area (Å²) in [6.07, 6.45) is 3.51. The fourth-order valence-corrected chi connectivity index (χ4v) is 1.47. The summed E-state index contributed by atoms with van der Waals surface area (Å²) in [5, 5.41) is 1.00. The van der Waals surface area contributed by atoms with Crippen molar-refractivity contribution in [2.45, 2.75) is 6.92 Å². The number of fused-ring (bicyclic) bond motifs is 1. The van der Waals surface area contributed by atoms with Gasteiger partial charge in [-0.3, -0.25) is 9.78 Å². The summed E-state index contributed by atoms with van der Waals surface area (Å²) in [4.78, 5) is 15.7. The van der Waals surface area contributed by atoms with Crippen LogP contribution in [0.5, 0.6) is 0 Å². The van der Waals surface area contributed by atoms with Crippen molar-refractivity contribution >= 4 is 10.9 Å². The molecule has 2 aromatic rings. The maximum atomic E-state index is 11.5. The van der Waals surface area contributed by atoms with Crippen LogP contribution < -0.4 is 5.56 Å². The fraction of sp³-hybridized carbons (Fsp3) is 0.200. The molecule has 13 heavy (non-hydrogen) atoms. The highest BCUT2D eigenvalue weighted by atomic mass is 16.1. The van der Waals surface area contributed by atoms with E-state index in [1.54, 1.807) is 30.9 Å². The van der Waals surface area contributed by atoms with E-state index in [-0.39, 0.29) is 5.56 Å². The largest absolute Gasteiger partial charge is 0.318 e. The number of nitrogens with zero attached hydrogens (tertiary/aromatic N) is 2. The summed E-state index contributed by atoms with van der Waals surface area (Å²) in [5.41, 5.74) is 1.53. The van der Waals surface area contributed by atoms with Gasteiger partial charge in [-0.15, -0.1) is 0 Å². The highest BCUT2D eigenvalue weighted by Gasteiger charge is 2.03. The van der Waals surface area contributed by atoms with Crippen LogP contribution in [0.4, 0.5) is 0 Å². The number of rotatable bonds is 0. The third-order valence-electron chi connectivity index (χ3n) is 2.17. The standard InChI is InChI=1S/C10H10N2O/c1-7-9-8(4-3-5-11-9)6-12(2)10(7)13/h3-6H,1-2H3. The summed E-state index contributed by atoms with van der Waals surface area (Å²) in [7, 11) is 1.75. The van der Waals surface area contributed by atoms with E-state index < -0.39 is 0 Å². The molecule has 0 bridgehead atoms. The first-order chi connectivity index (χ1) is 6.20. The van der Waals surface area contributed by atoms with E-state index in [9.17, 15) is 4.79 Å². The van der Waals surface area contributed by atoms with E-state index in [0.717, 1.165) is 10.9 Å². The highest BCUT2D eigenvalue weighted by Crippen LogP contribution is 2.10. The van der Waals surface area contributed by atoms with Crippen molar-refractivity contribution < 1.29 is 0 Å². The summed E-state index contributed by atoms with van der Waals surface area (Å²) in [6.45, 7) is 1.80. The van der Waals surface area contributed by atoms with E-state index in [0.29, 0.717) is 5.56 Å². The molecule has 2 heterocycles. The average Bonchev–Trinajstić information content (AvgIpc) is 2.15. The minimum absolute atomic E-state index is 0.0196. The van der Waals surface area contributed by atoms with Crippen molar-refractivity contribution in [3.05, 3.63) is 40.4 Å². The van der Waals surface area contributed by atoms with E-state index >= 15 is 0 Å². The highest BCUT2D eigenvalue weighted by molar-refractivity contribution is 5.80. The SMILES string of the molecule is Cc1c(=O)n(C)cc2cccnc12. The Morgan fingerprint density at radius 2 is 2.23 bits per heavy atom. The van der Waals surface area contributed by atoms with Crippen LogP contribution in [0, 0.1) is 6.92 Å². The third-order valence-corrected chi connectivity index (χ3v) is 2.17. The second-order valence-electron chi connectivity index (χ2n) is 3.11. The van der Waals surface area contributed by atoms with Crippen molar-refractivity contribution in [3.8, 4) is 0 Å². The maximum Gasteiger partial charge on any atom is 0.255 e. The molecule has 0 spiro atoms. The van der Waals surface area contributed by atoms with Crippen molar-refractivity contribution in [2.24, 2.45) is 7.05 Å². The van der Waals surface area contributed by atoms with E-state index in [4.69, 9.17) is 0 Å². The fourth-order valence-electron chi connectivity index (χ4n) is 1.47. The van der Waals surface area contributed by atoms with Crippen molar-refractivity contribution in [2.75, 3.05) is 0 Å². The molecule has 3 nitrogen and oxygen atoms in total. The smallest absolute Gasteiger partial charge is 0.255 e. The lowest BCUT2D eigenvalue weighted by Gasteiger charge is -2.03. The number of aryl methyl sites for hydroxylation is 2. The van der Waals surface area contributed by atoms with Gasteiger partial charge in [0.15, 0.2) is 0 Å². The van der Waals surface area contributed by atoms with Gasteiger partial charge in [-0.25, -0.2) is 0 Å². The van der Waals surface area contributed by atoms with E-state index in [1.807, 2.05) is 12.1 Å². The maximum absolute atomic E-state index is 11.5. The van der Waals surface area contributed by atoms with Gasteiger partial charge in [-0.05, 0) is 19.1 Å². The average molecular weight is 174 g/mol. The topological polar surface area (TPSA) is 34.9 Å². The Labute approximate surface area is 75.7 Å². The molecule has 0 saturated carbocycles. The molecule has 66 valence electrons. The zero-order valence-corrected chi connectivity index (χ0v) is 7.61. The minimum Gasteiger partial charge on any atom is -0.318 e. The molecule has 2 aromatic heterocycles. The molecule has 0 radical (unpaired) electrons. The first-order valence-electron chi connectivity index (χ1n) is 4.11. The summed E-state index contributed by atoms with van der Waals surface area (Å²) in [5.74, 6) is 0. The van der Waals surface area contributed by atoms with Gasteiger partial charge in [0.25, 0.3) is 5.56 Å². The quantitative estimate of drug-likeness (QED) is 0.602. The Hall–Kier alpha value is -1.64. The first-order valence-corrected chi connectivity index (χ1v) is 4.11. The van der Waals surface area contributed by atoms with E-state index in [2.05, 4.69) is 4.98 Å². The van der Waals surface area contributed by atoms with Crippen LogP contribution in [0.2, 0.25) is 0 Å². The molecule has 0 saturated heterocycles. The van der Waals surface area contributed by atoms with Crippen LogP contribution in [0.1, 0.15) is 5.56 Å². The number of hydrogen-bond acceptors (Lipinski definition) is 2. The number of hydrogen-bond donors (Lipinski definition) is 0. The van der Waals surface area contributed by atoms with Crippen LogP contribution in [-0.2, 0) is 7.05 Å². The lowest BCUT2D eigenvalue weighted by Crippen LogP contribution is -2.18. The zero-order chi connectivity index (χ0) is 9.42. The molecule has 0 aromatic carbocycles. The molecule has 0 N–H and O–H groups in total. The van der Waals surface area contributed by atoms with Crippen LogP contribution in [0.25, 0.3) is 10.9 Å². The lowest BCUT2D eigenvalue weighted by atomic mass is 10.2. The van der Waals surface area contributed by atoms with Crippen molar-refractivity contribution in [3.63, 3.8) is 0 Å². The second kappa shape index (κ2) is 2.69. The van der Waals surface area contributed by atoms with Gasteiger partial charge in [0.2, 0.25) is 0 Å². The minimum atomic E-state index is 0.0196. The molecule has 3 heteroatoms. The van der Waals surface area contributed by atoms with Gasteiger partial charge in [0.1, 0.15) is 0 Å². The lowest BCUT2D eigenvalue weighted by molar-refractivity contribution is 0.858. The molecule has 0 aliphatic rings. The predicted molar refractivity (Wildman–Crippen MR) is 51.7 cm³/mol. The Morgan fingerprint density at radius 1 is 1.46 bits per heavy atom. The zero-order valence-electron chi connectivity index (χ0n) is 7.61. The normalized spacial score (nSPS) is 10.6. The molecular formula is C10H10N2O. The van der Waals surface area contributed by atoms with Gasteiger partial charge in [0, 0.05) is 30.4 Å². The van der Waals surface area contributed by atoms with Crippen LogP contribution >= 0.6 is 0 Å². The second-order valence-corrected chi connectivity index (χ2v) is 3.11. The van der Waals surface area contributed by atoms with Crippen molar-refractivity contribution in [1.82, 2.24) is 9.55 Å². The Bertz CT molecular complexity index is 514. The summed E-state index contributed by atoms with van der Waals surface area (Å²) >= 11 is 0. The van der Waals surface area contributed by atoms with Crippen LogP contribution in [-0.4, -0.2) is 9.55 Å². The molecule has 0 aliphatic carbocycles. The molecule has 0 atom stereocenters. The van der Waals surface area contributed by atoms with Gasteiger partial charge >= 0.3 is 0 Å². The van der Waals surface area contributed by atoms with Gasteiger partial charge < -0.3 is 4.57 Å². The van der Waals surface area contributed by atoms with Gasteiger partial charge in [-0.1, -0.05) is 0 Å². The Kier molecular flexibility index (Phi) is 1.65. The van der Waals surface area contributed by atoms with Crippen molar-refractivity contribution in [1.29, 1.82) is 0 Å². The van der Waals surface area contributed by atoms with E-state index in [1.165, 1.54) is 0 Å². The molecule has 0 aliphatic heterocycles. The van der Waals surface area contributed by atoms with Gasteiger partial charge in [-0.2, -0.15) is 0 Å². The summed E-state index contributed by atoms with van der Waals surface area (Å²) in [6, 6.07) is 3.82. The molecule has 0 unspecified atom stereocenters. The monoisotopic (exact) mass is 174 g/mol. The third kappa shape index (κ3) is 1.13. The molecule has 0 fully saturated rings. The van der Waals surface area contributed by atoms with Crippen LogP contribution in [0.3, 0.4) is 0 Å². The molecule has 0 amide bonds. The Morgan fingerprint density at radius 3 is 3.00 bits per heavy atom.